The molecule has 0 saturated carbocycles. The molecule has 0 radical (unpaired) electrons. The van der Waals surface area contributed by atoms with E-state index in [1.807, 2.05) is 85.8 Å². The molecule has 0 bridgehead atoms. The van der Waals surface area contributed by atoms with Gasteiger partial charge in [0.25, 0.3) is 5.91 Å². The number of aryl methyl sites for hydroxylation is 1. The number of methoxy groups -OCH3 is 1. The minimum absolute atomic E-state index is 0.184. The minimum Gasteiger partial charge on any atom is -0.503 e. The molecular formula is C25H23NO3. The Morgan fingerprint density at radius 1 is 0.931 bits per heavy atom. The molecule has 1 aliphatic rings. The highest BCUT2D eigenvalue weighted by Crippen LogP contribution is 2.43. The molecule has 0 saturated heterocycles. The van der Waals surface area contributed by atoms with Crippen LogP contribution in [0.4, 0.5) is 0 Å². The van der Waals surface area contributed by atoms with E-state index in [2.05, 4.69) is 0 Å². The van der Waals surface area contributed by atoms with Crippen LogP contribution in [0.15, 0.2) is 84.6 Å². The Kier molecular flexibility index (Phi) is 5.09. The van der Waals surface area contributed by atoms with Gasteiger partial charge in [0, 0.05) is 12.1 Å². The highest BCUT2D eigenvalue weighted by molar-refractivity contribution is 6.05. The van der Waals surface area contributed by atoms with Crippen molar-refractivity contribution in [2.24, 2.45) is 0 Å². The lowest BCUT2D eigenvalue weighted by Crippen LogP contribution is -2.29. The molecule has 4 heteroatoms. The first-order valence-corrected chi connectivity index (χ1v) is 9.57. The quantitative estimate of drug-likeness (QED) is 0.668. The summed E-state index contributed by atoms with van der Waals surface area (Å²) in [5.74, 6) is 0.226. The molecular weight excluding hydrogens is 362 g/mol. The summed E-state index contributed by atoms with van der Waals surface area (Å²) in [5.41, 5.74) is 4.57. The molecule has 1 heterocycles. The van der Waals surface area contributed by atoms with Crippen molar-refractivity contribution in [2.45, 2.75) is 19.5 Å². The summed E-state index contributed by atoms with van der Waals surface area (Å²) in [6, 6.07) is 25.0. The van der Waals surface area contributed by atoms with Crippen LogP contribution < -0.4 is 4.74 Å². The molecule has 1 aliphatic heterocycles. The molecule has 0 aromatic heterocycles. The molecule has 4 rings (SSSR count). The summed E-state index contributed by atoms with van der Waals surface area (Å²) in [7, 11) is 1.63. The van der Waals surface area contributed by atoms with Crippen molar-refractivity contribution in [3.63, 3.8) is 0 Å². The van der Waals surface area contributed by atoms with Crippen molar-refractivity contribution in [1.82, 2.24) is 4.90 Å². The van der Waals surface area contributed by atoms with E-state index in [1.54, 1.807) is 12.0 Å². The van der Waals surface area contributed by atoms with E-state index in [0.29, 0.717) is 12.1 Å². The second kappa shape index (κ2) is 7.84. The fraction of sp³-hybridized carbons (Fsp3) is 0.160. The highest BCUT2D eigenvalue weighted by atomic mass is 16.5. The van der Waals surface area contributed by atoms with E-state index >= 15 is 0 Å². The zero-order valence-corrected chi connectivity index (χ0v) is 16.5. The van der Waals surface area contributed by atoms with Gasteiger partial charge in [-0.05, 0) is 35.7 Å². The molecule has 3 aromatic carbocycles. The smallest absolute Gasteiger partial charge is 0.290 e. The van der Waals surface area contributed by atoms with Crippen molar-refractivity contribution in [1.29, 1.82) is 0 Å². The third-order valence-corrected chi connectivity index (χ3v) is 5.29. The number of benzene rings is 3. The zero-order chi connectivity index (χ0) is 20.4. The Morgan fingerprint density at radius 3 is 2.21 bits per heavy atom. The van der Waals surface area contributed by atoms with Crippen molar-refractivity contribution < 1.29 is 14.6 Å². The topological polar surface area (TPSA) is 49.8 Å². The number of aliphatic hydroxyl groups excluding tert-OH is 1. The molecule has 1 N–H and O–H groups in total. The Balaban J connectivity index is 1.76. The van der Waals surface area contributed by atoms with Crippen LogP contribution in [0.2, 0.25) is 0 Å². The van der Waals surface area contributed by atoms with Crippen LogP contribution in [0.1, 0.15) is 28.3 Å². The predicted octanol–water partition coefficient (Wildman–Crippen LogP) is 5.06. The number of hydrogen-bond donors (Lipinski definition) is 1. The number of aliphatic hydroxyl groups is 1. The molecule has 0 aliphatic carbocycles. The molecule has 4 nitrogen and oxygen atoms in total. The van der Waals surface area contributed by atoms with Gasteiger partial charge < -0.3 is 14.7 Å². The summed E-state index contributed by atoms with van der Waals surface area (Å²) >= 11 is 0. The average Bonchev–Trinajstić information content (AvgIpc) is 3.00. The molecule has 0 fully saturated rings. The number of nitrogens with zero attached hydrogens (tertiary/aromatic N) is 1. The van der Waals surface area contributed by atoms with Gasteiger partial charge in [-0.25, -0.2) is 0 Å². The normalized spacial score (nSPS) is 16.4. The molecule has 1 atom stereocenters. The molecule has 0 unspecified atom stereocenters. The number of carbonyl (C=O) groups excluding carboxylic acids is 1. The maximum Gasteiger partial charge on any atom is 0.290 e. The van der Waals surface area contributed by atoms with Gasteiger partial charge in [-0.2, -0.15) is 0 Å². The van der Waals surface area contributed by atoms with Crippen LogP contribution in [0.3, 0.4) is 0 Å². The standard InChI is InChI=1S/C25H23NO3/c1-17-8-12-19(13-9-17)22-23(20-6-4-3-5-7-20)26(25(28)24(22)27)16-18-10-14-21(29-2)15-11-18/h3-15,23,27H,16H2,1-2H3/t23-/m1/s1. The maximum atomic E-state index is 13.1. The lowest BCUT2D eigenvalue weighted by Gasteiger charge is -2.27. The number of rotatable bonds is 5. The molecule has 3 aromatic rings. The van der Waals surface area contributed by atoms with Crippen LogP contribution in [0.5, 0.6) is 5.75 Å². The Bertz CT molecular complexity index is 1040. The molecule has 29 heavy (non-hydrogen) atoms. The summed E-state index contributed by atoms with van der Waals surface area (Å²) in [6.45, 7) is 2.41. The summed E-state index contributed by atoms with van der Waals surface area (Å²) in [4.78, 5) is 14.8. The predicted molar refractivity (Wildman–Crippen MR) is 113 cm³/mol. The summed E-state index contributed by atoms with van der Waals surface area (Å²) in [6.07, 6.45) is 0. The van der Waals surface area contributed by atoms with E-state index in [0.717, 1.165) is 28.0 Å². The van der Waals surface area contributed by atoms with Gasteiger partial charge in [0.2, 0.25) is 0 Å². The number of hydrogen-bond acceptors (Lipinski definition) is 3. The SMILES string of the molecule is COc1ccc(CN2C(=O)C(O)=C(c3ccc(C)cc3)[C@H]2c2ccccc2)cc1. The van der Waals surface area contributed by atoms with Crippen molar-refractivity contribution >= 4 is 11.5 Å². The van der Waals surface area contributed by atoms with E-state index in [9.17, 15) is 9.90 Å². The maximum absolute atomic E-state index is 13.1. The Hall–Kier alpha value is -3.53. The number of amides is 1. The van der Waals surface area contributed by atoms with E-state index in [-0.39, 0.29) is 17.7 Å². The summed E-state index contributed by atoms with van der Waals surface area (Å²) in [5, 5.41) is 10.8. The third kappa shape index (κ3) is 3.61. The average molecular weight is 385 g/mol. The van der Waals surface area contributed by atoms with E-state index < -0.39 is 0 Å². The van der Waals surface area contributed by atoms with Crippen molar-refractivity contribution in [3.8, 4) is 5.75 Å². The Labute approximate surface area is 170 Å². The highest BCUT2D eigenvalue weighted by Gasteiger charge is 2.40. The number of ether oxygens (including phenoxy) is 1. The van der Waals surface area contributed by atoms with E-state index in [1.165, 1.54) is 0 Å². The minimum atomic E-state index is -0.356. The van der Waals surface area contributed by atoms with Crippen LogP contribution in [0, 0.1) is 6.92 Å². The fourth-order valence-electron chi connectivity index (χ4n) is 3.75. The van der Waals surface area contributed by atoms with Crippen molar-refractivity contribution in [3.05, 3.63) is 107 Å². The summed E-state index contributed by atoms with van der Waals surface area (Å²) < 4.78 is 5.22. The van der Waals surface area contributed by atoms with Crippen LogP contribution in [-0.2, 0) is 11.3 Å². The molecule has 1 amide bonds. The first kappa shape index (κ1) is 18.8. The third-order valence-electron chi connectivity index (χ3n) is 5.29. The van der Waals surface area contributed by atoms with E-state index in [4.69, 9.17) is 4.74 Å². The fourth-order valence-corrected chi connectivity index (χ4v) is 3.75. The van der Waals surface area contributed by atoms with Gasteiger partial charge in [0.15, 0.2) is 5.76 Å². The van der Waals surface area contributed by atoms with Crippen LogP contribution in [0.25, 0.3) is 5.57 Å². The second-order valence-electron chi connectivity index (χ2n) is 7.22. The largest absolute Gasteiger partial charge is 0.503 e. The zero-order valence-electron chi connectivity index (χ0n) is 16.5. The lowest BCUT2D eigenvalue weighted by atomic mass is 9.93. The van der Waals surface area contributed by atoms with Crippen LogP contribution >= 0.6 is 0 Å². The monoisotopic (exact) mass is 385 g/mol. The molecule has 146 valence electrons. The molecule has 0 spiro atoms. The van der Waals surface area contributed by atoms with Gasteiger partial charge in [0.1, 0.15) is 5.75 Å². The first-order chi connectivity index (χ1) is 14.1. The lowest BCUT2D eigenvalue weighted by molar-refractivity contribution is -0.130. The van der Waals surface area contributed by atoms with Gasteiger partial charge in [-0.1, -0.05) is 72.3 Å². The first-order valence-electron chi connectivity index (χ1n) is 9.57. The second-order valence-corrected chi connectivity index (χ2v) is 7.22. The number of carbonyl (C=O) groups is 1. The van der Waals surface area contributed by atoms with Gasteiger partial charge in [-0.3, -0.25) is 4.79 Å². The van der Waals surface area contributed by atoms with Gasteiger partial charge >= 0.3 is 0 Å². The Morgan fingerprint density at radius 2 is 1.59 bits per heavy atom. The van der Waals surface area contributed by atoms with Crippen molar-refractivity contribution in [2.75, 3.05) is 7.11 Å². The van der Waals surface area contributed by atoms with Gasteiger partial charge in [-0.15, -0.1) is 0 Å². The van der Waals surface area contributed by atoms with Gasteiger partial charge in [0.05, 0.1) is 13.2 Å². The van der Waals surface area contributed by atoms with Crippen LogP contribution in [-0.4, -0.2) is 23.0 Å².